The fraction of sp³-hybridized carbons (Fsp3) is 0.462. The van der Waals surface area contributed by atoms with Crippen molar-refractivity contribution in [3.63, 3.8) is 0 Å². The van der Waals surface area contributed by atoms with Gasteiger partial charge in [-0.2, -0.15) is 0 Å². The Hall–Kier alpha value is -1.95. The minimum Gasteiger partial charge on any atom is -0.493 e. The summed E-state index contributed by atoms with van der Waals surface area (Å²) < 4.78 is 15.7. The lowest BCUT2D eigenvalue weighted by Gasteiger charge is -2.18. The van der Waals surface area contributed by atoms with Crippen LogP contribution >= 0.6 is 0 Å². The van der Waals surface area contributed by atoms with E-state index in [-0.39, 0.29) is 5.91 Å². The summed E-state index contributed by atoms with van der Waals surface area (Å²) >= 11 is 0. The van der Waals surface area contributed by atoms with Gasteiger partial charge in [-0.1, -0.05) is 0 Å². The largest absolute Gasteiger partial charge is 0.493 e. The van der Waals surface area contributed by atoms with Gasteiger partial charge in [0.15, 0.2) is 11.5 Å². The van der Waals surface area contributed by atoms with Crippen LogP contribution in [0, 0.1) is 0 Å². The van der Waals surface area contributed by atoms with Crippen molar-refractivity contribution in [2.24, 2.45) is 0 Å². The molecular weight excluding hydrogens is 250 g/mol. The Kier molecular flexibility index (Phi) is 5.44. The molecule has 1 N–H and O–H groups in total. The number of methoxy groups -OCH3 is 3. The lowest BCUT2D eigenvalue weighted by molar-refractivity contribution is -0.133. The first-order valence-electron chi connectivity index (χ1n) is 5.71. The van der Waals surface area contributed by atoms with Crippen LogP contribution in [0.1, 0.15) is 5.56 Å². The summed E-state index contributed by atoms with van der Waals surface area (Å²) in [6.07, 6.45) is 0. The molecule has 0 aliphatic heterocycles. The van der Waals surface area contributed by atoms with Crippen LogP contribution in [-0.2, 0) is 11.3 Å². The van der Waals surface area contributed by atoms with Gasteiger partial charge in [-0.15, -0.1) is 0 Å². The highest BCUT2D eigenvalue weighted by atomic mass is 16.5. The van der Waals surface area contributed by atoms with E-state index in [1.54, 1.807) is 19.2 Å². The first kappa shape index (κ1) is 15.1. The molecule has 1 amide bonds. The Labute approximate surface area is 112 Å². The molecule has 19 heavy (non-hydrogen) atoms. The van der Waals surface area contributed by atoms with Crippen LogP contribution in [0.25, 0.3) is 0 Å². The summed E-state index contributed by atoms with van der Waals surface area (Å²) in [5, 5.41) is 8.81. The summed E-state index contributed by atoms with van der Waals surface area (Å²) in [5.41, 5.74) is 0.818. The SMILES string of the molecule is COc1cc(CN(C)C(=O)CO)cc(OC)c1OC. The highest BCUT2D eigenvalue weighted by molar-refractivity contribution is 5.76. The van der Waals surface area contributed by atoms with E-state index in [1.807, 2.05) is 0 Å². The molecule has 0 saturated carbocycles. The van der Waals surface area contributed by atoms with E-state index in [0.717, 1.165) is 5.56 Å². The van der Waals surface area contributed by atoms with Crippen molar-refractivity contribution < 1.29 is 24.1 Å². The maximum Gasteiger partial charge on any atom is 0.248 e. The molecule has 0 fully saturated rings. The molecule has 0 spiro atoms. The van der Waals surface area contributed by atoms with Gasteiger partial charge in [0.2, 0.25) is 11.7 Å². The van der Waals surface area contributed by atoms with E-state index in [4.69, 9.17) is 19.3 Å². The van der Waals surface area contributed by atoms with E-state index in [0.29, 0.717) is 23.8 Å². The lowest BCUT2D eigenvalue weighted by atomic mass is 10.1. The Morgan fingerprint density at radius 1 is 1.16 bits per heavy atom. The van der Waals surface area contributed by atoms with Crippen LogP contribution in [-0.4, -0.2) is 50.9 Å². The monoisotopic (exact) mass is 269 g/mol. The van der Waals surface area contributed by atoms with Gasteiger partial charge in [0.25, 0.3) is 0 Å². The molecule has 0 aliphatic carbocycles. The molecule has 0 aliphatic rings. The Bertz CT molecular complexity index is 422. The number of likely N-dealkylation sites (N-methyl/N-ethyl adjacent to an activating group) is 1. The molecule has 1 aromatic carbocycles. The minimum absolute atomic E-state index is 0.343. The van der Waals surface area contributed by atoms with Gasteiger partial charge in [0.05, 0.1) is 21.3 Å². The topological polar surface area (TPSA) is 68.2 Å². The Morgan fingerprint density at radius 2 is 1.68 bits per heavy atom. The maximum absolute atomic E-state index is 11.3. The molecule has 1 aromatic rings. The predicted octanol–water partition coefficient (Wildman–Crippen LogP) is 0.663. The molecule has 0 bridgehead atoms. The van der Waals surface area contributed by atoms with Gasteiger partial charge < -0.3 is 24.2 Å². The molecule has 0 atom stereocenters. The third-order valence-electron chi connectivity index (χ3n) is 2.71. The quantitative estimate of drug-likeness (QED) is 0.821. The number of amides is 1. The summed E-state index contributed by atoms with van der Waals surface area (Å²) in [6, 6.07) is 3.53. The molecule has 0 radical (unpaired) electrons. The van der Waals surface area contributed by atoms with Crippen LogP contribution in [0.2, 0.25) is 0 Å². The zero-order valence-corrected chi connectivity index (χ0v) is 11.6. The zero-order chi connectivity index (χ0) is 14.4. The molecular formula is C13H19NO5. The molecule has 6 nitrogen and oxygen atoms in total. The second-order valence-electron chi connectivity index (χ2n) is 3.94. The standard InChI is InChI=1S/C13H19NO5/c1-14(12(16)8-15)7-9-5-10(17-2)13(19-4)11(6-9)18-3/h5-6,15H,7-8H2,1-4H3. The van der Waals surface area contributed by atoms with Crippen molar-refractivity contribution in [2.75, 3.05) is 35.0 Å². The fourth-order valence-electron chi connectivity index (χ4n) is 1.71. The van der Waals surface area contributed by atoms with Crippen molar-refractivity contribution in [1.82, 2.24) is 4.90 Å². The Balaban J connectivity index is 3.06. The van der Waals surface area contributed by atoms with Crippen LogP contribution in [0.5, 0.6) is 17.2 Å². The summed E-state index contributed by atoms with van der Waals surface area (Å²) in [4.78, 5) is 12.8. The predicted molar refractivity (Wildman–Crippen MR) is 69.7 cm³/mol. The van der Waals surface area contributed by atoms with Crippen molar-refractivity contribution in [2.45, 2.75) is 6.54 Å². The van der Waals surface area contributed by atoms with Gasteiger partial charge in [-0.3, -0.25) is 4.79 Å². The molecule has 0 unspecified atom stereocenters. The highest BCUT2D eigenvalue weighted by Gasteiger charge is 2.15. The van der Waals surface area contributed by atoms with Crippen molar-refractivity contribution in [3.8, 4) is 17.2 Å². The second kappa shape index (κ2) is 6.84. The normalized spacial score (nSPS) is 9.95. The maximum atomic E-state index is 11.3. The van der Waals surface area contributed by atoms with Crippen LogP contribution < -0.4 is 14.2 Å². The highest BCUT2D eigenvalue weighted by Crippen LogP contribution is 2.38. The number of hydrogen-bond acceptors (Lipinski definition) is 5. The number of carbonyl (C=O) groups excluding carboxylic acids is 1. The van der Waals surface area contributed by atoms with Crippen LogP contribution in [0.4, 0.5) is 0 Å². The van der Waals surface area contributed by atoms with E-state index >= 15 is 0 Å². The number of rotatable bonds is 6. The van der Waals surface area contributed by atoms with E-state index in [1.165, 1.54) is 26.2 Å². The smallest absolute Gasteiger partial charge is 0.248 e. The third-order valence-corrected chi connectivity index (χ3v) is 2.71. The lowest BCUT2D eigenvalue weighted by Crippen LogP contribution is -2.28. The van der Waals surface area contributed by atoms with Crippen LogP contribution in [0.15, 0.2) is 12.1 Å². The van der Waals surface area contributed by atoms with E-state index < -0.39 is 6.61 Å². The minimum atomic E-state index is -0.513. The average Bonchev–Trinajstić information content (AvgIpc) is 2.44. The van der Waals surface area contributed by atoms with Gasteiger partial charge in [0, 0.05) is 13.6 Å². The summed E-state index contributed by atoms with van der Waals surface area (Å²) in [5.74, 6) is 1.21. The molecule has 0 heterocycles. The van der Waals surface area contributed by atoms with Gasteiger partial charge in [0.1, 0.15) is 6.61 Å². The number of aliphatic hydroxyl groups excluding tert-OH is 1. The number of benzene rings is 1. The second-order valence-corrected chi connectivity index (χ2v) is 3.94. The molecule has 1 rings (SSSR count). The first-order chi connectivity index (χ1) is 9.07. The van der Waals surface area contributed by atoms with E-state index in [9.17, 15) is 4.79 Å². The summed E-state index contributed by atoms with van der Waals surface area (Å²) in [6.45, 7) is -0.170. The Morgan fingerprint density at radius 3 is 2.05 bits per heavy atom. The average molecular weight is 269 g/mol. The van der Waals surface area contributed by atoms with Crippen molar-refractivity contribution >= 4 is 5.91 Å². The zero-order valence-electron chi connectivity index (χ0n) is 11.6. The van der Waals surface area contributed by atoms with Crippen LogP contribution in [0.3, 0.4) is 0 Å². The van der Waals surface area contributed by atoms with Crippen molar-refractivity contribution in [3.05, 3.63) is 17.7 Å². The third kappa shape index (κ3) is 3.51. The number of carbonyl (C=O) groups is 1. The fourth-order valence-corrected chi connectivity index (χ4v) is 1.71. The molecule has 106 valence electrons. The molecule has 0 aromatic heterocycles. The van der Waals surface area contributed by atoms with Crippen molar-refractivity contribution in [1.29, 1.82) is 0 Å². The molecule has 6 heteroatoms. The van der Waals surface area contributed by atoms with Gasteiger partial charge in [-0.25, -0.2) is 0 Å². The number of hydrogen-bond donors (Lipinski definition) is 1. The molecule has 0 saturated heterocycles. The van der Waals surface area contributed by atoms with E-state index in [2.05, 4.69) is 0 Å². The summed E-state index contributed by atoms with van der Waals surface area (Å²) in [7, 11) is 6.20. The van der Waals surface area contributed by atoms with Gasteiger partial charge in [-0.05, 0) is 17.7 Å². The number of ether oxygens (including phenoxy) is 3. The number of aliphatic hydroxyl groups is 1. The first-order valence-corrected chi connectivity index (χ1v) is 5.71. The number of nitrogens with zero attached hydrogens (tertiary/aromatic N) is 1. The van der Waals surface area contributed by atoms with Gasteiger partial charge >= 0.3 is 0 Å².